The van der Waals surface area contributed by atoms with Crippen LogP contribution in [0.2, 0.25) is 0 Å². The molecular formula is C14H19N3O3. The van der Waals surface area contributed by atoms with Gasteiger partial charge in [-0.05, 0) is 32.9 Å². The highest BCUT2D eigenvalue weighted by Crippen LogP contribution is 2.28. The Morgan fingerprint density at radius 3 is 2.15 bits per heavy atom. The molecule has 0 aliphatic carbocycles. The molecule has 108 valence electrons. The Hall–Kier alpha value is -2.24. The summed E-state index contributed by atoms with van der Waals surface area (Å²) in [5.41, 5.74) is 0.627. The second-order valence-electron chi connectivity index (χ2n) is 5.40. The van der Waals surface area contributed by atoms with Crippen molar-refractivity contribution in [1.29, 1.82) is 0 Å². The van der Waals surface area contributed by atoms with Gasteiger partial charge in [0.2, 0.25) is 5.82 Å². The maximum absolute atomic E-state index is 5.22. The van der Waals surface area contributed by atoms with Gasteiger partial charge in [0.1, 0.15) is 11.5 Å². The molecule has 0 bridgehead atoms. The van der Waals surface area contributed by atoms with E-state index in [1.165, 1.54) is 0 Å². The van der Waals surface area contributed by atoms with Crippen molar-refractivity contribution in [2.45, 2.75) is 26.3 Å². The minimum atomic E-state index is -0.143. The third-order valence-electron chi connectivity index (χ3n) is 2.52. The molecule has 0 fully saturated rings. The van der Waals surface area contributed by atoms with Gasteiger partial charge in [-0.25, -0.2) is 0 Å². The van der Waals surface area contributed by atoms with Crippen LogP contribution in [0.1, 0.15) is 20.8 Å². The number of aromatic nitrogens is 2. The second-order valence-corrected chi connectivity index (χ2v) is 5.40. The lowest BCUT2D eigenvalue weighted by Gasteiger charge is -2.17. The van der Waals surface area contributed by atoms with Crippen LogP contribution >= 0.6 is 0 Å². The molecule has 0 aliphatic rings. The van der Waals surface area contributed by atoms with Gasteiger partial charge >= 0.3 is 6.01 Å². The van der Waals surface area contributed by atoms with Crippen LogP contribution in [0.5, 0.6) is 11.5 Å². The molecule has 0 saturated carbocycles. The van der Waals surface area contributed by atoms with Gasteiger partial charge in [0.05, 0.1) is 14.2 Å². The molecule has 1 N–H and O–H groups in total. The number of methoxy groups -OCH3 is 2. The van der Waals surface area contributed by atoms with Gasteiger partial charge in [-0.2, -0.15) is 4.98 Å². The minimum Gasteiger partial charge on any atom is -0.497 e. The Morgan fingerprint density at radius 2 is 1.65 bits per heavy atom. The minimum absolute atomic E-state index is 0.143. The zero-order valence-corrected chi connectivity index (χ0v) is 12.4. The SMILES string of the molecule is COc1cc(OC)cc(-c2noc(NC(C)(C)C)n2)c1. The second kappa shape index (κ2) is 5.40. The highest BCUT2D eigenvalue weighted by atomic mass is 16.5. The molecule has 0 unspecified atom stereocenters. The zero-order chi connectivity index (χ0) is 14.8. The summed E-state index contributed by atoms with van der Waals surface area (Å²) in [4.78, 5) is 4.32. The van der Waals surface area contributed by atoms with E-state index in [0.29, 0.717) is 23.3 Å². The van der Waals surface area contributed by atoms with Crippen LogP contribution in [0.4, 0.5) is 6.01 Å². The van der Waals surface area contributed by atoms with Crippen molar-refractivity contribution < 1.29 is 14.0 Å². The average Bonchev–Trinajstić information content (AvgIpc) is 2.84. The molecule has 0 saturated heterocycles. The van der Waals surface area contributed by atoms with E-state index >= 15 is 0 Å². The van der Waals surface area contributed by atoms with Crippen LogP contribution in [-0.2, 0) is 0 Å². The Bertz CT molecular complexity index is 565. The van der Waals surface area contributed by atoms with Crippen LogP contribution in [0.25, 0.3) is 11.4 Å². The topological polar surface area (TPSA) is 69.4 Å². The van der Waals surface area contributed by atoms with Gasteiger partial charge < -0.3 is 19.3 Å². The molecule has 1 heterocycles. The van der Waals surface area contributed by atoms with Gasteiger partial charge in [-0.3, -0.25) is 0 Å². The van der Waals surface area contributed by atoms with E-state index in [2.05, 4.69) is 15.5 Å². The third kappa shape index (κ3) is 3.40. The van der Waals surface area contributed by atoms with Crippen molar-refractivity contribution in [2.24, 2.45) is 0 Å². The first-order chi connectivity index (χ1) is 9.41. The largest absolute Gasteiger partial charge is 0.497 e. The molecule has 6 heteroatoms. The summed E-state index contributed by atoms with van der Waals surface area (Å²) >= 11 is 0. The van der Waals surface area contributed by atoms with Crippen LogP contribution in [0.15, 0.2) is 22.7 Å². The number of rotatable bonds is 4. The molecule has 1 aromatic heterocycles. The summed E-state index contributed by atoms with van der Waals surface area (Å²) in [7, 11) is 3.20. The summed E-state index contributed by atoms with van der Waals surface area (Å²) in [6.45, 7) is 6.06. The number of anilines is 1. The molecule has 1 aromatic carbocycles. The van der Waals surface area contributed by atoms with Crippen LogP contribution in [0, 0.1) is 0 Å². The molecule has 20 heavy (non-hydrogen) atoms. The summed E-state index contributed by atoms with van der Waals surface area (Å²) in [6, 6.07) is 5.83. The summed E-state index contributed by atoms with van der Waals surface area (Å²) in [5, 5.41) is 7.09. The van der Waals surface area contributed by atoms with Crippen molar-refractivity contribution in [2.75, 3.05) is 19.5 Å². The van der Waals surface area contributed by atoms with E-state index < -0.39 is 0 Å². The Balaban J connectivity index is 2.32. The standard InChI is InChI=1S/C14H19N3O3/c1-14(2,3)16-13-15-12(17-20-13)9-6-10(18-4)8-11(7-9)19-5/h6-8H,1-5H3,(H,15,16,17). The predicted octanol–water partition coefficient (Wildman–Crippen LogP) is 2.96. The average molecular weight is 277 g/mol. The number of hydrogen-bond acceptors (Lipinski definition) is 6. The van der Waals surface area contributed by atoms with Crippen molar-refractivity contribution >= 4 is 6.01 Å². The number of nitrogens with one attached hydrogen (secondary N) is 1. The fourth-order valence-corrected chi connectivity index (χ4v) is 1.65. The maximum atomic E-state index is 5.22. The molecule has 6 nitrogen and oxygen atoms in total. The van der Waals surface area contributed by atoms with E-state index in [-0.39, 0.29) is 5.54 Å². The first-order valence-electron chi connectivity index (χ1n) is 6.26. The van der Waals surface area contributed by atoms with E-state index in [1.807, 2.05) is 32.9 Å². The first kappa shape index (κ1) is 14.2. The molecule has 0 amide bonds. The summed E-state index contributed by atoms with van der Waals surface area (Å²) in [5.74, 6) is 1.83. The molecule has 0 atom stereocenters. The normalized spacial score (nSPS) is 11.2. The predicted molar refractivity (Wildman–Crippen MR) is 76.2 cm³/mol. The molecule has 0 radical (unpaired) electrons. The lowest BCUT2D eigenvalue weighted by molar-refractivity contribution is 0.394. The monoisotopic (exact) mass is 277 g/mol. The van der Waals surface area contributed by atoms with E-state index in [9.17, 15) is 0 Å². The number of hydrogen-bond donors (Lipinski definition) is 1. The van der Waals surface area contributed by atoms with Crippen molar-refractivity contribution in [3.05, 3.63) is 18.2 Å². The lowest BCUT2D eigenvalue weighted by Crippen LogP contribution is -2.26. The number of nitrogens with zero attached hydrogens (tertiary/aromatic N) is 2. The van der Waals surface area contributed by atoms with Gasteiger partial charge in [0.15, 0.2) is 0 Å². The van der Waals surface area contributed by atoms with Gasteiger partial charge in [-0.15, -0.1) is 0 Å². The number of benzene rings is 1. The van der Waals surface area contributed by atoms with Crippen molar-refractivity contribution in [3.8, 4) is 22.9 Å². The lowest BCUT2D eigenvalue weighted by atomic mass is 10.1. The van der Waals surface area contributed by atoms with Crippen molar-refractivity contribution in [3.63, 3.8) is 0 Å². The highest BCUT2D eigenvalue weighted by Gasteiger charge is 2.16. The Kier molecular flexibility index (Phi) is 3.83. The Labute approximate surface area is 118 Å². The van der Waals surface area contributed by atoms with Gasteiger partial charge in [-0.1, -0.05) is 5.16 Å². The van der Waals surface area contributed by atoms with Crippen molar-refractivity contribution in [1.82, 2.24) is 10.1 Å². The number of ether oxygens (including phenoxy) is 2. The highest BCUT2D eigenvalue weighted by molar-refractivity contribution is 5.61. The molecule has 2 aromatic rings. The first-order valence-corrected chi connectivity index (χ1v) is 6.26. The van der Waals surface area contributed by atoms with E-state index in [1.54, 1.807) is 20.3 Å². The van der Waals surface area contributed by atoms with Gasteiger partial charge in [0.25, 0.3) is 0 Å². The molecular weight excluding hydrogens is 258 g/mol. The van der Waals surface area contributed by atoms with Crippen LogP contribution in [0.3, 0.4) is 0 Å². The Morgan fingerprint density at radius 1 is 1.05 bits per heavy atom. The fourth-order valence-electron chi connectivity index (χ4n) is 1.65. The fraction of sp³-hybridized carbons (Fsp3) is 0.429. The third-order valence-corrected chi connectivity index (χ3v) is 2.52. The summed E-state index contributed by atoms with van der Waals surface area (Å²) in [6.07, 6.45) is 0. The smallest absolute Gasteiger partial charge is 0.322 e. The molecule has 2 rings (SSSR count). The van der Waals surface area contributed by atoms with Gasteiger partial charge in [0, 0.05) is 17.2 Å². The quantitative estimate of drug-likeness (QED) is 0.926. The van der Waals surface area contributed by atoms with Crippen LogP contribution < -0.4 is 14.8 Å². The summed E-state index contributed by atoms with van der Waals surface area (Å²) < 4.78 is 15.6. The maximum Gasteiger partial charge on any atom is 0.322 e. The van der Waals surface area contributed by atoms with Crippen LogP contribution in [-0.4, -0.2) is 29.9 Å². The van der Waals surface area contributed by atoms with E-state index in [4.69, 9.17) is 14.0 Å². The molecule has 0 aliphatic heterocycles. The molecule has 0 spiro atoms. The van der Waals surface area contributed by atoms with E-state index in [0.717, 1.165) is 5.56 Å². The zero-order valence-electron chi connectivity index (χ0n) is 12.4.